The molecule has 0 aromatic heterocycles. The second-order valence-corrected chi connectivity index (χ2v) is 10.4. The zero-order valence-corrected chi connectivity index (χ0v) is 29.0. The van der Waals surface area contributed by atoms with Crippen molar-refractivity contribution in [2.75, 3.05) is 19.6 Å². The van der Waals surface area contributed by atoms with Crippen LogP contribution in [0, 0.1) is 5.92 Å². The van der Waals surface area contributed by atoms with Gasteiger partial charge in [-0.3, -0.25) is 10.2 Å². The van der Waals surface area contributed by atoms with Crippen LogP contribution in [0.25, 0.3) is 0 Å². The summed E-state index contributed by atoms with van der Waals surface area (Å²) < 4.78 is 5.89. The summed E-state index contributed by atoms with van der Waals surface area (Å²) in [5, 5.41) is 8.60. The second-order valence-electron chi connectivity index (χ2n) is 10.4. The summed E-state index contributed by atoms with van der Waals surface area (Å²) in [6.07, 6.45) is 28.6. The Bertz CT molecular complexity index is 1090. The van der Waals surface area contributed by atoms with Crippen LogP contribution in [0.4, 0.5) is 9.59 Å². The van der Waals surface area contributed by atoms with E-state index in [1.54, 1.807) is 24.3 Å². The lowest BCUT2D eigenvalue weighted by atomic mass is 9.84. The van der Waals surface area contributed by atoms with E-state index in [-0.39, 0.29) is 18.2 Å². The Labute approximate surface area is 274 Å². The molecule has 7 heteroatoms. The van der Waals surface area contributed by atoms with E-state index in [9.17, 15) is 9.59 Å². The van der Waals surface area contributed by atoms with Gasteiger partial charge in [-0.1, -0.05) is 94.2 Å². The third kappa shape index (κ3) is 18.5. The summed E-state index contributed by atoms with van der Waals surface area (Å²) in [5.41, 5.74) is 2.59. The number of carbonyl (C=O) groups is 2. The van der Waals surface area contributed by atoms with Gasteiger partial charge >= 0.3 is 12.1 Å². The van der Waals surface area contributed by atoms with Crippen LogP contribution >= 0.6 is 0 Å². The fourth-order valence-electron chi connectivity index (χ4n) is 4.91. The van der Waals surface area contributed by atoms with Crippen molar-refractivity contribution in [3.63, 3.8) is 0 Å². The highest BCUT2D eigenvalue weighted by Crippen LogP contribution is 2.31. The molecule has 1 rings (SSSR count). The first kappa shape index (κ1) is 41.2. The van der Waals surface area contributed by atoms with Crippen molar-refractivity contribution < 1.29 is 14.3 Å². The molecule has 3 N–H and O–H groups in total. The summed E-state index contributed by atoms with van der Waals surface area (Å²) in [6.45, 7) is 23.7. The van der Waals surface area contributed by atoms with Crippen LogP contribution in [0.1, 0.15) is 80.6 Å². The van der Waals surface area contributed by atoms with Crippen LogP contribution in [0.2, 0.25) is 0 Å². The predicted molar refractivity (Wildman–Crippen MR) is 193 cm³/mol. The number of piperidine rings is 1. The Morgan fingerprint density at radius 3 is 2.36 bits per heavy atom. The number of hydrogen-bond donors (Lipinski definition) is 3. The van der Waals surface area contributed by atoms with Crippen molar-refractivity contribution in [1.82, 2.24) is 20.9 Å². The third-order valence-corrected chi connectivity index (χ3v) is 7.14. The minimum atomic E-state index is -0.493. The molecule has 1 heterocycles. The molecule has 3 amide bonds. The molecular formula is C38H60N4O3. The number of rotatable bonds is 17. The van der Waals surface area contributed by atoms with Gasteiger partial charge < -0.3 is 15.4 Å². The number of allylic oxidation sites excluding steroid dienone is 14. The molecule has 7 nitrogen and oxygen atoms in total. The number of nitrogens with one attached hydrogen (secondary N) is 3. The molecule has 1 aliphatic heterocycles. The first-order chi connectivity index (χ1) is 21.8. The number of hydrogen-bond acceptors (Lipinski definition) is 4. The molecule has 0 saturated carbocycles. The van der Waals surface area contributed by atoms with Gasteiger partial charge in [-0.2, -0.15) is 0 Å². The summed E-state index contributed by atoms with van der Waals surface area (Å²) >= 11 is 0. The largest absolute Gasteiger partial charge is 0.445 e. The fraction of sp³-hybridized carbons (Fsp3) is 0.474. The third-order valence-electron chi connectivity index (χ3n) is 7.14. The van der Waals surface area contributed by atoms with Crippen molar-refractivity contribution in [2.24, 2.45) is 5.92 Å². The number of ether oxygens (including phenoxy) is 1. The van der Waals surface area contributed by atoms with E-state index in [0.717, 1.165) is 45.2 Å². The average molecular weight is 621 g/mol. The normalized spacial score (nSPS) is 19.0. The lowest BCUT2D eigenvalue weighted by Crippen LogP contribution is -2.50. The Kier molecular flexibility index (Phi) is 24.3. The standard InChI is InChI=1S/C36H54N4O3.C2H6/c1-8-14-17-20-30(12-5)27-31-23-26-40(25-18-24-37-35(41)38-33(19-11-4)22-16-10-3)34(28-31)29(7)43-36(42)39-32(13-6)21-15-9-2;1-2/h8-9,11-17,19-22,29,31,34H,4,6,10,18,23-28H2,1-3,5,7H3,(H,39,42)(H2,37,38,41);1-2H3/b14-8-,15-9-,20-17-,22-16-,30-12+,32-21+,33-19+;/t29?,31-,34?;/m1./s1. The molecule has 2 unspecified atom stereocenters. The highest BCUT2D eigenvalue weighted by Gasteiger charge is 2.34. The van der Waals surface area contributed by atoms with Crippen LogP contribution < -0.4 is 16.0 Å². The lowest BCUT2D eigenvalue weighted by molar-refractivity contribution is 0.00537. The number of alkyl carbamates (subject to hydrolysis) is 1. The molecule has 3 atom stereocenters. The Morgan fingerprint density at radius 2 is 1.73 bits per heavy atom. The van der Waals surface area contributed by atoms with Crippen LogP contribution in [-0.2, 0) is 4.74 Å². The zero-order chi connectivity index (χ0) is 33.9. The van der Waals surface area contributed by atoms with Gasteiger partial charge in [-0.05, 0) is 96.6 Å². The summed E-state index contributed by atoms with van der Waals surface area (Å²) in [4.78, 5) is 27.6. The van der Waals surface area contributed by atoms with E-state index in [2.05, 4.69) is 59.2 Å². The summed E-state index contributed by atoms with van der Waals surface area (Å²) in [6, 6.07) is -0.185. The minimum Gasteiger partial charge on any atom is -0.445 e. The van der Waals surface area contributed by atoms with Gasteiger partial charge in [0.05, 0.1) is 0 Å². The molecule has 250 valence electrons. The van der Waals surface area contributed by atoms with E-state index in [1.165, 1.54) is 5.57 Å². The second kappa shape index (κ2) is 26.6. The minimum absolute atomic E-state index is 0.0592. The van der Waals surface area contributed by atoms with Crippen molar-refractivity contribution in [1.29, 1.82) is 0 Å². The molecule has 0 aromatic rings. The Balaban J connectivity index is 0.00000947. The number of likely N-dealkylation sites (tertiary alicyclic amines) is 1. The van der Waals surface area contributed by atoms with E-state index in [1.807, 2.05) is 78.0 Å². The van der Waals surface area contributed by atoms with Crippen LogP contribution in [-0.4, -0.2) is 48.8 Å². The average Bonchev–Trinajstić information content (AvgIpc) is 3.04. The van der Waals surface area contributed by atoms with Crippen LogP contribution in [0.3, 0.4) is 0 Å². The first-order valence-corrected chi connectivity index (χ1v) is 16.5. The summed E-state index contributed by atoms with van der Waals surface area (Å²) in [7, 11) is 0. The molecule has 0 radical (unpaired) electrons. The molecule has 1 saturated heterocycles. The maximum absolute atomic E-state index is 12.8. The highest BCUT2D eigenvalue weighted by atomic mass is 16.6. The number of nitrogens with zero attached hydrogens (tertiary/aromatic N) is 1. The van der Waals surface area contributed by atoms with Crippen LogP contribution in [0.5, 0.6) is 0 Å². The van der Waals surface area contributed by atoms with Gasteiger partial charge in [0, 0.05) is 30.5 Å². The van der Waals surface area contributed by atoms with E-state index in [4.69, 9.17) is 4.74 Å². The van der Waals surface area contributed by atoms with Gasteiger partial charge in [0.15, 0.2) is 0 Å². The molecule has 0 spiro atoms. The molecule has 0 bridgehead atoms. The maximum atomic E-state index is 12.8. The first-order valence-electron chi connectivity index (χ1n) is 16.5. The lowest BCUT2D eigenvalue weighted by Gasteiger charge is -2.42. The predicted octanol–water partition coefficient (Wildman–Crippen LogP) is 9.05. The Hall–Kier alpha value is -3.84. The number of carbonyl (C=O) groups excluding carboxylic acids is 2. The smallest absolute Gasteiger partial charge is 0.411 e. The Morgan fingerprint density at radius 1 is 1.00 bits per heavy atom. The summed E-state index contributed by atoms with van der Waals surface area (Å²) in [5.74, 6) is 0.477. The van der Waals surface area contributed by atoms with E-state index >= 15 is 0 Å². The van der Waals surface area contributed by atoms with Gasteiger partial charge in [0.25, 0.3) is 0 Å². The van der Waals surface area contributed by atoms with Crippen molar-refractivity contribution >= 4 is 12.1 Å². The van der Waals surface area contributed by atoms with Crippen molar-refractivity contribution in [2.45, 2.75) is 92.7 Å². The van der Waals surface area contributed by atoms with E-state index in [0.29, 0.717) is 23.9 Å². The molecule has 1 fully saturated rings. The SMILES string of the molecule is C=C/C=C(\C=C/CC)NC(=O)NCCCN1CC[C@H](CC(/C=C\C=C/C)=C/C)CC1C(C)OC(=O)N/C(C=C)=C/C=C\C.CC. The van der Waals surface area contributed by atoms with Gasteiger partial charge in [-0.25, -0.2) is 9.59 Å². The molecule has 1 aliphatic rings. The van der Waals surface area contributed by atoms with E-state index < -0.39 is 6.09 Å². The molecular weight excluding hydrogens is 560 g/mol. The van der Waals surface area contributed by atoms with Gasteiger partial charge in [0.2, 0.25) is 0 Å². The number of urea groups is 1. The maximum Gasteiger partial charge on any atom is 0.411 e. The molecule has 45 heavy (non-hydrogen) atoms. The fourth-order valence-corrected chi connectivity index (χ4v) is 4.91. The highest BCUT2D eigenvalue weighted by molar-refractivity contribution is 5.76. The number of amides is 3. The molecule has 0 aromatic carbocycles. The zero-order valence-electron chi connectivity index (χ0n) is 29.0. The van der Waals surface area contributed by atoms with Crippen molar-refractivity contribution in [3.8, 4) is 0 Å². The topological polar surface area (TPSA) is 82.7 Å². The molecule has 0 aliphatic carbocycles. The van der Waals surface area contributed by atoms with Gasteiger partial charge in [0.1, 0.15) is 6.10 Å². The quantitative estimate of drug-likeness (QED) is 0.112. The monoisotopic (exact) mass is 620 g/mol. The van der Waals surface area contributed by atoms with Crippen LogP contribution in [0.15, 0.2) is 109 Å². The van der Waals surface area contributed by atoms with Crippen molar-refractivity contribution in [3.05, 3.63) is 109 Å². The van der Waals surface area contributed by atoms with Gasteiger partial charge in [-0.15, -0.1) is 0 Å².